The van der Waals surface area contributed by atoms with Gasteiger partial charge >= 0.3 is 5.96 Å². The van der Waals surface area contributed by atoms with E-state index >= 15 is 0 Å². The Kier molecular flexibility index (Phi) is 5.76. The molecule has 0 unspecified atom stereocenters. The lowest BCUT2D eigenvalue weighted by molar-refractivity contribution is -1.00. The van der Waals surface area contributed by atoms with Crippen molar-refractivity contribution in [2.75, 3.05) is 67.0 Å². The van der Waals surface area contributed by atoms with Crippen molar-refractivity contribution in [2.45, 2.75) is 6.42 Å². The standard InChI is InChI=1S/C13H29N6O/c1-18(2)7-9-19(3,10-8-18)11-12(20)16-5-4-6-17-13(14)15/h4-11H2,1-3H3,(H4-,14,15,16,17,20)/q+1/p+2. The van der Waals surface area contributed by atoms with Gasteiger partial charge in [-0.1, -0.05) is 0 Å². The maximum absolute atomic E-state index is 12.0. The van der Waals surface area contributed by atoms with E-state index in [1.165, 1.54) is 0 Å². The first kappa shape index (κ1) is 16.7. The first-order valence-corrected chi connectivity index (χ1v) is 7.26. The van der Waals surface area contributed by atoms with Gasteiger partial charge in [0.05, 0.1) is 27.7 Å². The Bertz CT molecular complexity index is 352. The highest BCUT2D eigenvalue weighted by Gasteiger charge is 2.35. The fourth-order valence-corrected chi connectivity index (χ4v) is 2.36. The van der Waals surface area contributed by atoms with Crippen LogP contribution in [0.25, 0.3) is 0 Å². The molecule has 0 aromatic heterocycles. The third kappa shape index (κ3) is 6.21. The molecule has 7 heteroatoms. The number of hydrogen-bond acceptors (Lipinski definition) is 1. The second kappa shape index (κ2) is 6.90. The van der Waals surface area contributed by atoms with E-state index in [-0.39, 0.29) is 11.9 Å². The molecule has 6 N–H and O–H groups in total. The zero-order valence-electron chi connectivity index (χ0n) is 13.1. The van der Waals surface area contributed by atoms with Gasteiger partial charge in [-0.15, -0.1) is 0 Å². The summed E-state index contributed by atoms with van der Waals surface area (Å²) in [7, 11) is 6.66. The number of hydrogen-bond donors (Lipinski definition) is 4. The molecule has 1 saturated heterocycles. The monoisotopic (exact) mass is 287 g/mol. The predicted molar refractivity (Wildman–Crippen MR) is 79.5 cm³/mol. The highest BCUT2D eigenvalue weighted by atomic mass is 16.2. The van der Waals surface area contributed by atoms with E-state index in [1.807, 2.05) is 0 Å². The Hall–Kier alpha value is -1.34. The molecule has 0 aromatic carbocycles. The van der Waals surface area contributed by atoms with Gasteiger partial charge in [0.15, 0.2) is 6.54 Å². The molecule has 0 saturated carbocycles. The number of nitrogens with two attached hydrogens (primary N) is 2. The summed E-state index contributed by atoms with van der Waals surface area (Å²) < 4.78 is 1.90. The second-order valence-corrected chi connectivity index (χ2v) is 6.69. The fourth-order valence-electron chi connectivity index (χ4n) is 2.36. The Labute approximate surface area is 121 Å². The van der Waals surface area contributed by atoms with Crippen molar-refractivity contribution >= 4 is 11.9 Å². The van der Waals surface area contributed by atoms with Crippen LogP contribution in [0.15, 0.2) is 0 Å². The number of carbonyl (C=O) groups excluding carboxylic acids is 1. The topological polar surface area (TPSA) is 95.1 Å². The molecule has 116 valence electrons. The largest absolute Gasteiger partial charge is 0.351 e. The van der Waals surface area contributed by atoms with E-state index in [4.69, 9.17) is 11.5 Å². The first-order chi connectivity index (χ1) is 9.22. The molecule has 1 fully saturated rings. The second-order valence-electron chi connectivity index (χ2n) is 6.69. The molecule has 0 bridgehead atoms. The molecule has 0 atom stereocenters. The van der Waals surface area contributed by atoms with Crippen LogP contribution in [0.4, 0.5) is 0 Å². The van der Waals surface area contributed by atoms with Crippen molar-refractivity contribution in [3.63, 3.8) is 0 Å². The van der Waals surface area contributed by atoms with Crippen LogP contribution in [0.5, 0.6) is 0 Å². The molecule has 0 spiro atoms. The Morgan fingerprint density at radius 3 is 2.30 bits per heavy atom. The number of quaternary nitrogens is 2. The van der Waals surface area contributed by atoms with Crippen LogP contribution in [-0.2, 0) is 4.79 Å². The molecule has 7 nitrogen and oxygen atoms in total. The van der Waals surface area contributed by atoms with Crippen LogP contribution < -0.4 is 21.8 Å². The summed E-state index contributed by atoms with van der Waals surface area (Å²) in [4.78, 5) is 14.8. The summed E-state index contributed by atoms with van der Waals surface area (Å²) in [6, 6.07) is 0. The molecule has 1 aliphatic heterocycles. The van der Waals surface area contributed by atoms with E-state index in [0.29, 0.717) is 19.6 Å². The van der Waals surface area contributed by atoms with Gasteiger partial charge < -0.3 is 14.3 Å². The van der Waals surface area contributed by atoms with Crippen molar-refractivity contribution in [3.05, 3.63) is 0 Å². The number of rotatable bonds is 6. The minimum absolute atomic E-state index is 0.129. The fraction of sp³-hybridized carbons (Fsp3) is 0.846. The summed E-state index contributed by atoms with van der Waals surface area (Å²) in [6.07, 6.45) is 0.817. The zero-order chi connectivity index (χ0) is 15.2. The number of piperazine rings is 1. The SMILES string of the molecule is C[N+]1(C)CC[N+](C)(CC(=O)NCCC[NH+]=C(N)N)CC1. The first-order valence-electron chi connectivity index (χ1n) is 7.26. The van der Waals surface area contributed by atoms with Crippen LogP contribution in [-0.4, -0.2) is 87.8 Å². The predicted octanol–water partition coefficient (Wildman–Crippen LogP) is -3.62. The highest BCUT2D eigenvalue weighted by molar-refractivity contribution is 5.77. The van der Waals surface area contributed by atoms with Crippen molar-refractivity contribution in [1.29, 1.82) is 0 Å². The van der Waals surface area contributed by atoms with Crippen molar-refractivity contribution in [3.8, 4) is 0 Å². The van der Waals surface area contributed by atoms with Gasteiger partial charge in [-0.3, -0.25) is 21.3 Å². The maximum atomic E-state index is 12.0. The number of amides is 1. The summed E-state index contributed by atoms with van der Waals surface area (Å²) in [5.41, 5.74) is 10.6. The molecule has 1 heterocycles. The summed E-state index contributed by atoms with van der Waals surface area (Å²) in [5, 5.41) is 2.96. The average molecular weight is 287 g/mol. The zero-order valence-corrected chi connectivity index (χ0v) is 13.1. The van der Waals surface area contributed by atoms with Crippen LogP contribution in [0.3, 0.4) is 0 Å². The number of nitrogens with one attached hydrogen (secondary N) is 2. The Morgan fingerprint density at radius 2 is 1.75 bits per heavy atom. The molecule has 1 aliphatic rings. The summed E-state index contributed by atoms with van der Waals surface area (Å²) in [6.45, 7) is 6.26. The van der Waals surface area contributed by atoms with Gasteiger partial charge in [0.25, 0.3) is 5.91 Å². The van der Waals surface area contributed by atoms with Crippen molar-refractivity contribution < 1.29 is 18.8 Å². The molecule has 1 amide bonds. The van der Waals surface area contributed by atoms with Crippen LogP contribution >= 0.6 is 0 Å². The van der Waals surface area contributed by atoms with Crippen LogP contribution in [0.1, 0.15) is 6.42 Å². The Morgan fingerprint density at radius 1 is 1.15 bits per heavy atom. The molecule has 1 rings (SSSR count). The molecular formula is C13H31N6O+3. The third-order valence-corrected chi connectivity index (χ3v) is 4.02. The molecule has 0 radical (unpaired) electrons. The Balaban J connectivity index is 2.23. The van der Waals surface area contributed by atoms with Crippen molar-refractivity contribution in [2.24, 2.45) is 11.5 Å². The average Bonchev–Trinajstić information content (AvgIpc) is 2.33. The molecular weight excluding hydrogens is 256 g/mol. The lowest BCUT2D eigenvalue weighted by atomic mass is 10.2. The minimum atomic E-state index is 0.129. The number of carbonyl (C=O) groups is 1. The van der Waals surface area contributed by atoms with Gasteiger partial charge in [0.2, 0.25) is 0 Å². The van der Waals surface area contributed by atoms with E-state index in [2.05, 4.69) is 31.5 Å². The smallest absolute Gasteiger partial charge is 0.338 e. The normalized spacial score (nSPS) is 20.1. The molecule has 20 heavy (non-hydrogen) atoms. The lowest BCUT2D eigenvalue weighted by Crippen LogP contribution is -2.78. The van der Waals surface area contributed by atoms with E-state index in [0.717, 1.165) is 41.6 Å². The number of guanidine groups is 1. The molecule has 0 aromatic rings. The van der Waals surface area contributed by atoms with Crippen LogP contribution in [0, 0.1) is 0 Å². The summed E-state index contributed by atoms with van der Waals surface area (Å²) >= 11 is 0. The van der Waals surface area contributed by atoms with Crippen LogP contribution in [0.2, 0.25) is 0 Å². The molecule has 0 aliphatic carbocycles. The van der Waals surface area contributed by atoms with Gasteiger partial charge in [-0.2, -0.15) is 0 Å². The summed E-state index contributed by atoms with van der Waals surface area (Å²) in [5.74, 6) is 0.354. The van der Waals surface area contributed by atoms with E-state index in [1.54, 1.807) is 0 Å². The van der Waals surface area contributed by atoms with Gasteiger partial charge in [0, 0.05) is 6.54 Å². The third-order valence-electron chi connectivity index (χ3n) is 4.02. The lowest BCUT2D eigenvalue weighted by Gasteiger charge is -2.44. The van der Waals surface area contributed by atoms with Gasteiger partial charge in [-0.05, 0) is 6.42 Å². The van der Waals surface area contributed by atoms with E-state index < -0.39 is 0 Å². The number of likely N-dealkylation sites (N-methyl/N-ethyl adjacent to an activating group) is 2. The minimum Gasteiger partial charge on any atom is -0.351 e. The number of nitrogens with zero attached hydrogens (tertiary/aromatic N) is 2. The van der Waals surface area contributed by atoms with Gasteiger partial charge in [-0.25, -0.2) is 0 Å². The quantitative estimate of drug-likeness (QED) is 0.176. The highest BCUT2D eigenvalue weighted by Crippen LogP contribution is 2.12. The van der Waals surface area contributed by atoms with Crippen molar-refractivity contribution in [1.82, 2.24) is 5.32 Å². The van der Waals surface area contributed by atoms with Gasteiger partial charge in [0.1, 0.15) is 26.2 Å². The van der Waals surface area contributed by atoms with E-state index in [9.17, 15) is 4.79 Å². The maximum Gasteiger partial charge on any atom is 0.338 e.